The molecule has 0 atom stereocenters. The lowest BCUT2D eigenvalue weighted by Crippen LogP contribution is -1.94. The molecular formula is C10H8Br2N2O. The van der Waals surface area contributed by atoms with Crippen molar-refractivity contribution >= 4 is 31.9 Å². The second kappa shape index (κ2) is 4.81. The molecule has 78 valence electrons. The van der Waals surface area contributed by atoms with E-state index in [0.717, 1.165) is 20.3 Å². The van der Waals surface area contributed by atoms with Gasteiger partial charge in [0.25, 0.3) is 0 Å². The van der Waals surface area contributed by atoms with Gasteiger partial charge in [0.1, 0.15) is 12.4 Å². The summed E-state index contributed by atoms with van der Waals surface area (Å²) in [5, 5.41) is 6.59. The normalized spacial score (nSPS) is 10.3. The fourth-order valence-electron chi connectivity index (χ4n) is 1.11. The molecule has 0 saturated heterocycles. The third kappa shape index (κ3) is 2.82. The van der Waals surface area contributed by atoms with Crippen LogP contribution in [-0.2, 0) is 6.61 Å². The number of rotatable bonds is 3. The molecule has 0 saturated carbocycles. The molecule has 0 fully saturated rings. The fourth-order valence-corrected chi connectivity index (χ4v) is 2.27. The van der Waals surface area contributed by atoms with E-state index in [2.05, 4.69) is 42.1 Å². The maximum Gasteiger partial charge on any atom is 0.134 e. The highest BCUT2D eigenvalue weighted by Crippen LogP contribution is 2.28. The number of benzene rings is 1. The Bertz CT molecular complexity index is 443. The van der Waals surface area contributed by atoms with Gasteiger partial charge in [0.05, 0.1) is 10.7 Å². The zero-order valence-corrected chi connectivity index (χ0v) is 10.9. The molecule has 0 aliphatic rings. The van der Waals surface area contributed by atoms with Gasteiger partial charge in [-0.25, -0.2) is 0 Å². The van der Waals surface area contributed by atoms with Gasteiger partial charge in [-0.2, -0.15) is 5.10 Å². The summed E-state index contributed by atoms with van der Waals surface area (Å²) in [6, 6.07) is 5.80. The van der Waals surface area contributed by atoms with Crippen molar-refractivity contribution in [1.82, 2.24) is 10.2 Å². The molecule has 2 aromatic rings. The van der Waals surface area contributed by atoms with E-state index in [1.807, 2.05) is 24.4 Å². The largest absolute Gasteiger partial charge is 0.488 e. The lowest BCUT2D eigenvalue weighted by atomic mass is 10.3. The fraction of sp³-hybridized carbons (Fsp3) is 0.100. The van der Waals surface area contributed by atoms with Gasteiger partial charge in [-0.1, -0.05) is 15.9 Å². The number of aromatic amines is 1. The Balaban J connectivity index is 2.05. The van der Waals surface area contributed by atoms with Crippen molar-refractivity contribution in [3.8, 4) is 5.75 Å². The van der Waals surface area contributed by atoms with Crippen LogP contribution in [0.3, 0.4) is 0 Å². The predicted octanol–water partition coefficient (Wildman–Crippen LogP) is 3.51. The molecule has 1 heterocycles. The van der Waals surface area contributed by atoms with Crippen LogP contribution in [0.15, 0.2) is 39.5 Å². The third-order valence-electron chi connectivity index (χ3n) is 1.84. The first-order valence-electron chi connectivity index (χ1n) is 4.31. The van der Waals surface area contributed by atoms with E-state index in [4.69, 9.17) is 4.74 Å². The van der Waals surface area contributed by atoms with E-state index in [-0.39, 0.29) is 0 Å². The number of hydrogen-bond acceptors (Lipinski definition) is 2. The van der Waals surface area contributed by atoms with E-state index < -0.39 is 0 Å². The summed E-state index contributed by atoms with van der Waals surface area (Å²) < 4.78 is 7.56. The molecule has 15 heavy (non-hydrogen) atoms. The third-order valence-corrected chi connectivity index (χ3v) is 2.96. The first kappa shape index (κ1) is 10.7. The summed E-state index contributed by atoms with van der Waals surface area (Å²) in [5.41, 5.74) is 1.02. The lowest BCUT2D eigenvalue weighted by molar-refractivity contribution is 0.304. The van der Waals surface area contributed by atoms with Crippen LogP contribution in [0.25, 0.3) is 0 Å². The number of nitrogens with zero attached hydrogens (tertiary/aromatic N) is 1. The minimum atomic E-state index is 0.511. The maximum atomic E-state index is 5.61. The highest BCUT2D eigenvalue weighted by Gasteiger charge is 2.02. The van der Waals surface area contributed by atoms with Gasteiger partial charge >= 0.3 is 0 Å². The summed E-state index contributed by atoms with van der Waals surface area (Å²) in [4.78, 5) is 0. The summed E-state index contributed by atoms with van der Waals surface area (Å²) in [7, 11) is 0. The zero-order chi connectivity index (χ0) is 10.7. The van der Waals surface area contributed by atoms with Gasteiger partial charge in [-0.15, -0.1) is 0 Å². The van der Waals surface area contributed by atoms with Crippen LogP contribution >= 0.6 is 31.9 Å². The van der Waals surface area contributed by atoms with Crippen molar-refractivity contribution < 1.29 is 4.74 Å². The molecular weight excluding hydrogens is 324 g/mol. The summed E-state index contributed by atoms with van der Waals surface area (Å²) in [6.07, 6.45) is 3.56. The highest BCUT2D eigenvalue weighted by atomic mass is 79.9. The molecule has 0 unspecified atom stereocenters. The number of H-pyrrole nitrogens is 1. The number of ether oxygens (including phenoxy) is 1. The van der Waals surface area contributed by atoms with Crippen LogP contribution < -0.4 is 4.74 Å². The molecule has 0 aliphatic heterocycles. The van der Waals surface area contributed by atoms with Crippen molar-refractivity contribution in [2.75, 3.05) is 0 Å². The Morgan fingerprint density at radius 3 is 2.87 bits per heavy atom. The molecule has 1 aromatic carbocycles. The van der Waals surface area contributed by atoms with Crippen LogP contribution in [0.5, 0.6) is 5.75 Å². The van der Waals surface area contributed by atoms with Crippen molar-refractivity contribution in [1.29, 1.82) is 0 Å². The van der Waals surface area contributed by atoms with E-state index in [1.54, 1.807) is 6.20 Å². The second-order valence-electron chi connectivity index (χ2n) is 2.97. The van der Waals surface area contributed by atoms with Gasteiger partial charge in [0.15, 0.2) is 0 Å². The highest BCUT2D eigenvalue weighted by molar-refractivity contribution is 9.11. The van der Waals surface area contributed by atoms with Gasteiger partial charge < -0.3 is 4.74 Å². The molecule has 1 aromatic heterocycles. The molecule has 3 nitrogen and oxygen atoms in total. The average molecular weight is 332 g/mol. The SMILES string of the molecule is Brc1ccc(OCc2cn[nH]c2)c(Br)c1. The number of aromatic nitrogens is 2. The van der Waals surface area contributed by atoms with E-state index in [1.165, 1.54) is 0 Å². The van der Waals surface area contributed by atoms with E-state index in [9.17, 15) is 0 Å². The molecule has 0 amide bonds. The Kier molecular flexibility index (Phi) is 3.43. The molecule has 1 N–H and O–H groups in total. The molecule has 0 bridgehead atoms. The van der Waals surface area contributed by atoms with Gasteiger partial charge in [0, 0.05) is 16.2 Å². The van der Waals surface area contributed by atoms with Crippen molar-refractivity contribution in [2.24, 2.45) is 0 Å². The minimum absolute atomic E-state index is 0.511. The Hall–Kier alpha value is -0.810. The Labute approximate surface area is 104 Å². The summed E-state index contributed by atoms with van der Waals surface area (Å²) in [5.74, 6) is 0.819. The van der Waals surface area contributed by atoms with Crippen molar-refractivity contribution in [3.63, 3.8) is 0 Å². The van der Waals surface area contributed by atoms with E-state index in [0.29, 0.717) is 6.61 Å². The minimum Gasteiger partial charge on any atom is -0.488 e. The monoisotopic (exact) mass is 330 g/mol. The predicted molar refractivity (Wildman–Crippen MR) is 64.8 cm³/mol. The standard InChI is InChI=1S/C10H8Br2N2O/c11-8-1-2-10(9(12)3-8)15-6-7-4-13-14-5-7/h1-5H,6H2,(H,13,14). The molecule has 0 radical (unpaired) electrons. The topological polar surface area (TPSA) is 37.9 Å². The van der Waals surface area contributed by atoms with Gasteiger partial charge in [-0.05, 0) is 34.1 Å². The number of halogens is 2. The first-order chi connectivity index (χ1) is 7.25. The molecule has 5 heteroatoms. The number of nitrogens with one attached hydrogen (secondary N) is 1. The van der Waals surface area contributed by atoms with Crippen LogP contribution in [0, 0.1) is 0 Å². The van der Waals surface area contributed by atoms with Gasteiger partial charge in [0.2, 0.25) is 0 Å². The number of hydrogen-bond donors (Lipinski definition) is 1. The summed E-state index contributed by atoms with van der Waals surface area (Å²) >= 11 is 6.82. The second-order valence-corrected chi connectivity index (χ2v) is 4.74. The first-order valence-corrected chi connectivity index (χ1v) is 5.90. The Morgan fingerprint density at radius 1 is 1.33 bits per heavy atom. The molecule has 0 spiro atoms. The van der Waals surface area contributed by atoms with E-state index >= 15 is 0 Å². The smallest absolute Gasteiger partial charge is 0.134 e. The molecule has 0 aliphatic carbocycles. The Morgan fingerprint density at radius 2 is 2.20 bits per heavy atom. The maximum absolute atomic E-state index is 5.61. The van der Waals surface area contributed by atoms with Crippen LogP contribution in [0.2, 0.25) is 0 Å². The molecule has 2 rings (SSSR count). The van der Waals surface area contributed by atoms with Crippen molar-refractivity contribution in [2.45, 2.75) is 6.61 Å². The van der Waals surface area contributed by atoms with Crippen LogP contribution in [-0.4, -0.2) is 10.2 Å². The summed E-state index contributed by atoms with van der Waals surface area (Å²) in [6.45, 7) is 0.511. The quantitative estimate of drug-likeness (QED) is 0.934. The zero-order valence-electron chi connectivity index (χ0n) is 7.71. The van der Waals surface area contributed by atoms with Gasteiger partial charge in [-0.3, -0.25) is 5.10 Å². The van der Waals surface area contributed by atoms with Crippen LogP contribution in [0.4, 0.5) is 0 Å². The van der Waals surface area contributed by atoms with Crippen LogP contribution in [0.1, 0.15) is 5.56 Å². The lowest BCUT2D eigenvalue weighted by Gasteiger charge is -2.06. The van der Waals surface area contributed by atoms with Crippen molar-refractivity contribution in [3.05, 3.63) is 45.1 Å². The average Bonchev–Trinajstić information content (AvgIpc) is 2.69.